The SMILES string of the molecule is C[C@H](NC(=O)[C@@](C)(Cc1c[nH]c2ccccc12)N(Cc1cccc(F)c1)C(=O)O)c1ccccc1. The number of nitrogens with zero attached hydrogens (tertiary/aromatic N) is 1. The number of carboxylic acid groups (broad SMARTS) is 1. The van der Waals surface area contributed by atoms with Crippen molar-refractivity contribution in [3.63, 3.8) is 0 Å². The number of rotatable bonds is 8. The van der Waals surface area contributed by atoms with Gasteiger partial charge in [0.25, 0.3) is 0 Å². The van der Waals surface area contributed by atoms with Gasteiger partial charge >= 0.3 is 6.09 Å². The highest BCUT2D eigenvalue weighted by Gasteiger charge is 2.43. The quantitative estimate of drug-likeness (QED) is 0.308. The van der Waals surface area contributed by atoms with E-state index in [9.17, 15) is 19.1 Å². The summed E-state index contributed by atoms with van der Waals surface area (Å²) in [6.45, 7) is 3.34. The van der Waals surface area contributed by atoms with E-state index in [1.54, 1.807) is 19.2 Å². The molecule has 0 saturated heterocycles. The molecule has 4 aromatic rings. The summed E-state index contributed by atoms with van der Waals surface area (Å²) >= 11 is 0. The Morgan fingerprint density at radius 2 is 1.77 bits per heavy atom. The van der Waals surface area contributed by atoms with Crippen LogP contribution < -0.4 is 5.32 Å². The van der Waals surface area contributed by atoms with E-state index in [1.165, 1.54) is 18.2 Å². The first-order valence-electron chi connectivity index (χ1n) is 11.4. The minimum Gasteiger partial charge on any atom is -0.465 e. The van der Waals surface area contributed by atoms with E-state index in [0.717, 1.165) is 26.9 Å². The number of benzene rings is 3. The van der Waals surface area contributed by atoms with Crippen molar-refractivity contribution in [3.05, 3.63) is 108 Å². The number of fused-ring (bicyclic) bond motifs is 1. The van der Waals surface area contributed by atoms with Gasteiger partial charge in [0, 0.05) is 23.5 Å². The van der Waals surface area contributed by atoms with Crippen LogP contribution in [0.1, 0.15) is 36.6 Å². The number of amides is 2. The molecule has 0 radical (unpaired) electrons. The van der Waals surface area contributed by atoms with Gasteiger partial charge < -0.3 is 15.4 Å². The number of H-pyrrole nitrogens is 1. The maximum Gasteiger partial charge on any atom is 0.408 e. The summed E-state index contributed by atoms with van der Waals surface area (Å²) in [5.41, 5.74) is 1.60. The standard InChI is InChI=1S/C28H28FN3O3/c1-19(21-10-4-3-5-11-21)31-26(33)28(2,16-22-17-30-25-14-7-6-13-24(22)25)32(27(34)35)18-20-9-8-12-23(29)15-20/h3-15,17,19,30H,16,18H2,1-2H3,(H,31,33)(H,34,35)/t19-,28+/m0/s1. The minimum atomic E-state index is -1.48. The van der Waals surface area contributed by atoms with Gasteiger partial charge in [-0.2, -0.15) is 0 Å². The number of para-hydroxylation sites is 1. The third kappa shape index (κ3) is 5.19. The second-order valence-corrected chi connectivity index (χ2v) is 8.91. The number of nitrogens with one attached hydrogen (secondary N) is 2. The predicted octanol–water partition coefficient (Wildman–Crippen LogP) is 5.67. The van der Waals surface area contributed by atoms with Crippen LogP contribution in [-0.2, 0) is 17.8 Å². The van der Waals surface area contributed by atoms with E-state index in [2.05, 4.69) is 10.3 Å². The molecular weight excluding hydrogens is 445 g/mol. The van der Waals surface area contributed by atoms with Gasteiger partial charge in [0.05, 0.1) is 12.6 Å². The third-order valence-electron chi connectivity index (χ3n) is 6.40. The molecule has 2 atom stereocenters. The highest BCUT2D eigenvalue weighted by atomic mass is 19.1. The molecule has 0 spiro atoms. The number of aromatic amines is 1. The molecule has 180 valence electrons. The highest BCUT2D eigenvalue weighted by Crippen LogP contribution is 2.29. The van der Waals surface area contributed by atoms with Gasteiger partial charge in [0.2, 0.25) is 5.91 Å². The molecule has 0 bridgehead atoms. The molecule has 35 heavy (non-hydrogen) atoms. The van der Waals surface area contributed by atoms with Crippen molar-refractivity contribution in [2.45, 2.75) is 38.4 Å². The lowest BCUT2D eigenvalue weighted by Crippen LogP contribution is -2.59. The molecule has 2 amide bonds. The van der Waals surface area contributed by atoms with E-state index in [0.29, 0.717) is 5.56 Å². The maximum absolute atomic E-state index is 13.9. The van der Waals surface area contributed by atoms with Gasteiger partial charge in [-0.3, -0.25) is 9.69 Å². The van der Waals surface area contributed by atoms with E-state index in [4.69, 9.17) is 0 Å². The predicted molar refractivity (Wildman–Crippen MR) is 133 cm³/mol. The van der Waals surface area contributed by atoms with Crippen LogP contribution in [0.2, 0.25) is 0 Å². The highest BCUT2D eigenvalue weighted by molar-refractivity contribution is 5.91. The van der Waals surface area contributed by atoms with Crippen LogP contribution in [-0.4, -0.2) is 32.5 Å². The van der Waals surface area contributed by atoms with Crippen molar-refractivity contribution >= 4 is 22.9 Å². The summed E-state index contributed by atoms with van der Waals surface area (Å²) in [5.74, 6) is -0.897. The summed E-state index contributed by atoms with van der Waals surface area (Å²) in [5, 5.41) is 14.1. The molecule has 0 aliphatic carbocycles. The number of hydrogen-bond donors (Lipinski definition) is 3. The zero-order valence-corrected chi connectivity index (χ0v) is 19.7. The first-order chi connectivity index (χ1) is 16.8. The fourth-order valence-corrected chi connectivity index (χ4v) is 4.40. The number of halogens is 1. The van der Waals surface area contributed by atoms with Crippen molar-refractivity contribution in [1.29, 1.82) is 0 Å². The van der Waals surface area contributed by atoms with Crippen LogP contribution in [0.3, 0.4) is 0 Å². The molecule has 6 nitrogen and oxygen atoms in total. The van der Waals surface area contributed by atoms with Gasteiger partial charge in [-0.05, 0) is 48.7 Å². The molecule has 0 aliphatic heterocycles. The third-order valence-corrected chi connectivity index (χ3v) is 6.40. The monoisotopic (exact) mass is 473 g/mol. The second kappa shape index (κ2) is 10.0. The van der Waals surface area contributed by atoms with Crippen molar-refractivity contribution in [1.82, 2.24) is 15.2 Å². The van der Waals surface area contributed by atoms with Crippen LogP contribution in [0.4, 0.5) is 9.18 Å². The van der Waals surface area contributed by atoms with Gasteiger partial charge in [-0.25, -0.2) is 9.18 Å². The largest absolute Gasteiger partial charge is 0.465 e. The van der Waals surface area contributed by atoms with Gasteiger partial charge in [-0.1, -0.05) is 60.7 Å². The Bertz CT molecular complexity index is 1340. The first kappa shape index (κ1) is 24.0. The summed E-state index contributed by atoms with van der Waals surface area (Å²) in [7, 11) is 0. The molecule has 0 saturated carbocycles. The minimum absolute atomic E-state index is 0.131. The van der Waals surface area contributed by atoms with E-state index >= 15 is 0 Å². The Morgan fingerprint density at radius 1 is 1.06 bits per heavy atom. The van der Waals surface area contributed by atoms with Gasteiger partial charge in [0.1, 0.15) is 11.4 Å². The molecule has 0 aliphatic rings. The van der Waals surface area contributed by atoms with Crippen LogP contribution in [0, 0.1) is 5.82 Å². The van der Waals surface area contributed by atoms with Crippen molar-refractivity contribution in [3.8, 4) is 0 Å². The van der Waals surface area contributed by atoms with Crippen LogP contribution in [0.15, 0.2) is 85.1 Å². The van der Waals surface area contributed by atoms with E-state index in [-0.39, 0.29) is 19.0 Å². The fourth-order valence-electron chi connectivity index (χ4n) is 4.40. The number of carbonyl (C=O) groups excluding carboxylic acids is 1. The Labute approximate surface area is 203 Å². The smallest absolute Gasteiger partial charge is 0.408 e. The molecule has 0 unspecified atom stereocenters. The zero-order valence-electron chi connectivity index (χ0n) is 19.7. The van der Waals surface area contributed by atoms with E-state index in [1.807, 2.05) is 61.5 Å². The van der Waals surface area contributed by atoms with Crippen molar-refractivity contribution in [2.24, 2.45) is 0 Å². The number of carbonyl (C=O) groups is 2. The van der Waals surface area contributed by atoms with Crippen molar-refractivity contribution < 1.29 is 19.1 Å². The molecule has 3 N–H and O–H groups in total. The van der Waals surface area contributed by atoms with Gasteiger partial charge in [-0.15, -0.1) is 0 Å². The Balaban J connectivity index is 1.73. The molecule has 7 heteroatoms. The summed E-state index contributed by atoms with van der Waals surface area (Å²) in [6, 6.07) is 22.6. The van der Waals surface area contributed by atoms with Crippen molar-refractivity contribution in [2.75, 3.05) is 0 Å². The van der Waals surface area contributed by atoms with Crippen LogP contribution >= 0.6 is 0 Å². The van der Waals surface area contributed by atoms with Gasteiger partial charge in [0.15, 0.2) is 0 Å². The Morgan fingerprint density at radius 3 is 2.49 bits per heavy atom. The Kier molecular flexibility index (Phi) is 6.87. The van der Waals surface area contributed by atoms with E-state index < -0.39 is 23.4 Å². The summed E-state index contributed by atoms with van der Waals surface area (Å²) in [4.78, 5) is 30.6. The second-order valence-electron chi connectivity index (χ2n) is 8.91. The molecule has 1 heterocycles. The molecule has 0 fully saturated rings. The topological polar surface area (TPSA) is 85.4 Å². The molecule has 3 aromatic carbocycles. The Hall–Kier alpha value is -4.13. The number of hydrogen-bond acceptors (Lipinski definition) is 2. The lowest BCUT2D eigenvalue weighted by Gasteiger charge is -2.39. The fraction of sp³-hybridized carbons (Fsp3) is 0.214. The normalized spacial score (nSPS) is 13.7. The average Bonchev–Trinajstić information content (AvgIpc) is 3.25. The summed E-state index contributed by atoms with van der Waals surface area (Å²) < 4.78 is 13.9. The lowest BCUT2D eigenvalue weighted by molar-refractivity contribution is -0.132. The molecule has 1 aromatic heterocycles. The maximum atomic E-state index is 13.9. The van der Waals surface area contributed by atoms with Crippen LogP contribution in [0.5, 0.6) is 0 Å². The lowest BCUT2D eigenvalue weighted by atomic mass is 9.88. The first-order valence-corrected chi connectivity index (χ1v) is 11.4. The van der Waals surface area contributed by atoms with Crippen LogP contribution in [0.25, 0.3) is 10.9 Å². The molecular formula is C28H28FN3O3. The molecule has 4 rings (SSSR count). The summed E-state index contributed by atoms with van der Waals surface area (Å²) in [6.07, 6.45) is 0.671. The zero-order chi connectivity index (χ0) is 25.0. The number of aromatic nitrogens is 1. The average molecular weight is 474 g/mol.